The highest BCUT2D eigenvalue weighted by Gasteiger charge is 2.23. The summed E-state index contributed by atoms with van der Waals surface area (Å²) >= 11 is 0. The molecule has 1 amide bonds. The Balaban J connectivity index is 2.39. The number of rotatable bonds is 6. The Morgan fingerprint density at radius 3 is 2.70 bits per heavy atom. The van der Waals surface area contributed by atoms with E-state index in [1.807, 2.05) is 13.8 Å². The third kappa shape index (κ3) is 3.49. The van der Waals surface area contributed by atoms with E-state index in [-0.39, 0.29) is 0 Å². The minimum absolute atomic E-state index is 0.403. The van der Waals surface area contributed by atoms with E-state index in [1.54, 1.807) is 24.7 Å². The van der Waals surface area contributed by atoms with E-state index in [1.165, 1.54) is 0 Å². The van der Waals surface area contributed by atoms with Crippen LogP contribution in [0.5, 0.6) is 0 Å². The van der Waals surface area contributed by atoms with Gasteiger partial charge in [0.05, 0.1) is 16.6 Å². The van der Waals surface area contributed by atoms with Crippen LogP contribution in [0.3, 0.4) is 0 Å². The molecule has 0 aliphatic rings. The van der Waals surface area contributed by atoms with Gasteiger partial charge in [-0.1, -0.05) is 19.8 Å². The van der Waals surface area contributed by atoms with Crippen molar-refractivity contribution in [2.75, 3.05) is 0 Å². The van der Waals surface area contributed by atoms with Crippen LogP contribution in [0.2, 0.25) is 0 Å². The first-order valence-corrected chi connectivity index (χ1v) is 7.69. The van der Waals surface area contributed by atoms with Crippen molar-refractivity contribution >= 4 is 22.9 Å². The molecule has 0 spiro atoms. The van der Waals surface area contributed by atoms with Gasteiger partial charge in [0.2, 0.25) is 0 Å². The molecule has 0 aliphatic heterocycles. The number of unbranched alkanes of at least 4 members (excludes halogenated alkanes) is 1. The standard InChI is InChI=1S/C16H22N4O3/c1-5-6-7-12(16(22)23)18-15(21)11-8-9(2)17-14-13(11)10(3)19-20(14)4/h8,12H,5-7H2,1-4H3,(H,18,21)(H,22,23). The number of amides is 1. The first-order valence-electron chi connectivity index (χ1n) is 7.69. The zero-order chi connectivity index (χ0) is 17.1. The lowest BCUT2D eigenvalue weighted by atomic mass is 10.1. The summed E-state index contributed by atoms with van der Waals surface area (Å²) < 4.78 is 1.63. The van der Waals surface area contributed by atoms with E-state index in [0.717, 1.165) is 12.8 Å². The van der Waals surface area contributed by atoms with Crippen LogP contribution in [-0.2, 0) is 11.8 Å². The maximum absolute atomic E-state index is 12.6. The molecule has 0 aliphatic carbocycles. The van der Waals surface area contributed by atoms with Crippen LogP contribution < -0.4 is 5.32 Å². The molecule has 2 aromatic rings. The number of carbonyl (C=O) groups excluding carboxylic acids is 1. The average Bonchev–Trinajstić information content (AvgIpc) is 2.76. The van der Waals surface area contributed by atoms with Crippen molar-refractivity contribution in [2.24, 2.45) is 7.05 Å². The minimum Gasteiger partial charge on any atom is -0.480 e. The van der Waals surface area contributed by atoms with Gasteiger partial charge in [0.1, 0.15) is 6.04 Å². The van der Waals surface area contributed by atoms with Gasteiger partial charge in [-0.2, -0.15) is 5.10 Å². The molecule has 1 atom stereocenters. The lowest BCUT2D eigenvalue weighted by Crippen LogP contribution is -2.40. The van der Waals surface area contributed by atoms with Crippen LogP contribution in [0.25, 0.3) is 11.0 Å². The monoisotopic (exact) mass is 318 g/mol. The minimum atomic E-state index is -1.02. The highest BCUT2D eigenvalue weighted by molar-refractivity contribution is 6.07. The second kappa shape index (κ2) is 6.76. The fourth-order valence-electron chi connectivity index (χ4n) is 2.65. The van der Waals surface area contributed by atoms with E-state index < -0.39 is 17.9 Å². The van der Waals surface area contributed by atoms with E-state index in [4.69, 9.17) is 0 Å². The molecule has 0 fully saturated rings. The Morgan fingerprint density at radius 2 is 2.09 bits per heavy atom. The van der Waals surface area contributed by atoms with Gasteiger partial charge < -0.3 is 10.4 Å². The summed E-state index contributed by atoms with van der Waals surface area (Å²) in [5, 5.41) is 16.9. The molecule has 2 heterocycles. The van der Waals surface area contributed by atoms with Crippen LogP contribution >= 0.6 is 0 Å². The topological polar surface area (TPSA) is 97.1 Å². The predicted molar refractivity (Wildman–Crippen MR) is 86.4 cm³/mol. The first-order chi connectivity index (χ1) is 10.8. The Labute approximate surface area is 134 Å². The number of carboxylic acid groups (broad SMARTS) is 1. The van der Waals surface area contributed by atoms with E-state index in [0.29, 0.717) is 34.4 Å². The number of aromatic nitrogens is 3. The molecular formula is C16H22N4O3. The molecule has 7 heteroatoms. The first kappa shape index (κ1) is 16.9. The normalized spacial score (nSPS) is 12.3. The lowest BCUT2D eigenvalue weighted by molar-refractivity contribution is -0.139. The molecule has 0 bridgehead atoms. The molecule has 2 N–H and O–H groups in total. The molecule has 0 saturated heterocycles. The zero-order valence-corrected chi connectivity index (χ0v) is 13.9. The number of carbonyl (C=O) groups is 2. The number of carboxylic acids is 1. The van der Waals surface area contributed by atoms with Gasteiger partial charge in [0, 0.05) is 12.7 Å². The summed E-state index contributed by atoms with van der Waals surface area (Å²) in [6.07, 6.45) is 2.03. The van der Waals surface area contributed by atoms with Crippen molar-refractivity contribution in [1.29, 1.82) is 0 Å². The van der Waals surface area contributed by atoms with Gasteiger partial charge in [-0.25, -0.2) is 9.78 Å². The van der Waals surface area contributed by atoms with Gasteiger partial charge >= 0.3 is 5.97 Å². The summed E-state index contributed by atoms with van der Waals surface area (Å²) in [4.78, 5) is 28.3. The van der Waals surface area contributed by atoms with Crippen LogP contribution in [0.4, 0.5) is 0 Å². The van der Waals surface area contributed by atoms with Gasteiger partial charge in [0.15, 0.2) is 5.65 Å². The van der Waals surface area contributed by atoms with Crippen molar-refractivity contribution in [3.05, 3.63) is 23.0 Å². The Bertz CT molecular complexity index is 751. The SMILES string of the molecule is CCCCC(NC(=O)c1cc(C)nc2c1c(C)nn2C)C(=O)O. The molecular weight excluding hydrogens is 296 g/mol. The highest BCUT2D eigenvalue weighted by Crippen LogP contribution is 2.21. The molecule has 124 valence electrons. The largest absolute Gasteiger partial charge is 0.480 e. The maximum Gasteiger partial charge on any atom is 0.326 e. The summed E-state index contributed by atoms with van der Waals surface area (Å²) in [5.41, 5.74) is 2.42. The van der Waals surface area contributed by atoms with Crippen molar-refractivity contribution in [1.82, 2.24) is 20.1 Å². The fourth-order valence-corrected chi connectivity index (χ4v) is 2.65. The van der Waals surface area contributed by atoms with E-state index >= 15 is 0 Å². The Hall–Kier alpha value is -2.44. The third-order valence-corrected chi connectivity index (χ3v) is 3.79. The number of nitrogens with zero attached hydrogens (tertiary/aromatic N) is 3. The van der Waals surface area contributed by atoms with Gasteiger partial charge in [-0.15, -0.1) is 0 Å². The lowest BCUT2D eigenvalue weighted by Gasteiger charge is -2.15. The molecule has 23 heavy (non-hydrogen) atoms. The molecule has 2 aromatic heterocycles. The number of nitrogens with one attached hydrogen (secondary N) is 1. The van der Waals surface area contributed by atoms with Crippen molar-refractivity contribution in [3.63, 3.8) is 0 Å². The number of aryl methyl sites for hydroxylation is 3. The fraction of sp³-hybridized carbons (Fsp3) is 0.500. The average molecular weight is 318 g/mol. The molecule has 0 saturated carbocycles. The van der Waals surface area contributed by atoms with E-state index in [2.05, 4.69) is 15.4 Å². The summed E-state index contributed by atoms with van der Waals surface area (Å²) in [6.45, 7) is 5.59. The van der Waals surface area contributed by atoms with Crippen LogP contribution in [-0.4, -0.2) is 37.8 Å². The van der Waals surface area contributed by atoms with Crippen LogP contribution in [0, 0.1) is 13.8 Å². The third-order valence-electron chi connectivity index (χ3n) is 3.79. The molecule has 0 radical (unpaired) electrons. The second-order valence-electron chi connectivity index (χ2n) is 5.73. The summed E-state index contributed by atoms with van der Waals surface area (Å²) in [6, 6.07) is 0.786. The zero-order valence-electron chi connectivity index (χ0n) is 13.9. The number of aliphatic carboxylic acids is 1. The predicted octanol–water partition coefficient (Wildman–Crippen LogP) is 1.96. The molecule has 2 rings (SSSR count). The van der Waals surface area contributed by atoms with Gasteiger partial charge in [0.25, 0.3) is 5.91 Å². The van der Waals surface area contributed by atoms with Crippen molar-refractivity contribution in [2.45, 2.75) is 46.1 Å². The van der Waals surface area contributed by atoms with Gasteiger partial charge in [-0.3, -0.25) is 9.48 Å². The van der Waals surface area contributed by atoms with Gasteiger partial charge in [-0.05, 0) is 26.3 Å². The maximum atomic E-state index is 12.6. The number of pyridine rings is 1. The number of hydrogen-bond acceptors (Lipinski definition) is 4. The summed E-state index contributed by atoms with van der Waals surface area (Å²) in [7, 11) is 1.77. The Kier molecular flexibility index (Phi) is 4.98. The van der Waals surface area contributed by atoms with Crippen molar-refractivity contribution < 1.29 is 14.7 Å². The molecule has 7 nitrogen and oxygen atoms in total. The molecule has 0 aromatic carbocycles. The van der Waals surface area contributed by atoms with Crippen LogP contribution in [0.1, 0.15) is 47.9 Å². The number of hydrogen-bond donors (Lipinski definition) is 2. The van der Waals surface area contributed by atoms with E-state index in [9.17, 15) is 14.7 Å². The van der Waals surface area contributed by atoms with Crippen molar-refractivity contribution in [3.8, 4) is 0 Å². The molecule has 1 unspecified atom stereocenters. The Morgan fingerprint density at radius 1 is 1.39 bits per heavy atom. The summed E-state index contributed by atoms with van der Waals surface area (Å²) in [5.74, 6) is -1.42. The number of fused-ring (bicyclic) bond motifs is 1. The van der Waals surface area contributed by atoms with Crippen LogP contribution in [0.15, 0.2) is 6.07 Å². The smallest absolute Gasteiger partial charge is 0.326 e. The quantitative estimate of drug-likeness (QED) is 0.848. The highest BCUT2D eigenvalue weighted by atomic mass is 16.4. The second-order valence-corrected chi connectivity index (χ2v) is 5.73.